The monoisotopic (exact) mass is 295 g/mol. The fraction of sp³-hybridized carbons (Fsp3) is 0.0833. The van der Waals surface area contributed by atoms with Crippen molar-refractivity contribution in [3.63, 3.8) is 0 Å². The SMILES string of the molecule is COc1cccc(Sc2ccncc2Br)c1. The van der Waals surface area contributed by atoms with Crippen LogP contribution in [0.1, 0.15) is 0 Å². The molecule has 0 fully saturated rings. The standard InChI is InChI=1S/C12H10BrNOS/c1-15-9-3-2-4-10(7-9)16-12-5-6-14-8-11(12)13/h2-8H,1H3. The van der Waals surface area contributed by atoms with Crippen molar-refractivity contribution < 1.29 is 4.74 Å². The number of hydrogen-bond donors (Lipinski definition) is 0. The van der Waals surface area contributed by atoms with E-state index in [1.54, 1.807) is 31.3 Å². The average Bonchev–Trinajstić information content (AvgIpc) is 2.32. The number of halogens is 1. The Bertz CT molecular complexity index is 490. The number of rotatable bonds is 3. The minimum Gasteiger partial charge on any atom is -0.497 e. The van der Waals surface area contributed by atoms with E-state index in [4.69, 9.17) is 4.74 Å². The second kappa shape index (κ2) is 5.37. The van der Waals surface area contributed by atoms with Gasteiger partial charge in [0.1, 0.15) is 5.75 Å². The first-order valence-corrected chi connectivity index (χ1v) is 6.32. The summed E-state index contributed by atoms with van der Waals surface area (Å²) in [4.78, 5) is 6.32. The van der Waals surface area contributed by atoms with Crippen LogP contribution in [0.2, 0.25) is 0 Å². The molecule has 1 aromatic carbocycles. The van der Waals surface area contributed by atoms with Gasteiger partial charge in [-0.3, -0.25) is 4.98 Å². The van der Waals surface area contributed by atoms with Gasteiger partial charge in [-0.25, -0.2) is 0 Å². The number of methoxy groups -OCH3 is 1. The molecule has 0 aliphatic heterocycles. The highest BCUT2D eigenvalue weighted by Crippen LogP contribution is 2.33. The maximum Gasteiger partial charge on any atom is 0.119 e. The van der Waals surface area contributed by atoms with E-state index in [1.165, 1.54) is 0 Å². The molecule has 0 saturated carbocycles. The molecular weight excluding hydrogens is 286 g/mol. The largest absolute Gasteiger partial charge is 0.497 e. The van der Waals surface area contributed by atoms with Gasteiger partial charge in [-0.2, -0.15) is 0 Å². The lowest BCUT2D eigenvalue weighted by Crippen LogP contribution is -1.82. The Kier molecular flexibility index (Phi) is 3.85. The summed E-state index contributed by atoms with van der Waals surface area (Å²) in [6, 6.07) is 9.97. The molecule has 4 heteroatoms. The predicted octanol–water partition coefficient (Wildman–Crippen LogP) is 4.00. The Morgan fingerprint density at radius 2 is 2.19 bits per heavy atom. The summed E-state index contributed by atoms with van der Waals surface area (Å²) in [5, 5.41) is 0. The first-order chi connectivity index (χ1) is 7.79. The van der Waals surface area contributed by atoms with Crippen LogP contribution >= 0.6 is 27.7 Å². The summed E-state index contributed by atoms with van der Waals surface area (Å²) in [7, 11) is 1.67. The van der Waals surface area contributed by atoms with Crippen LogP contribution in [0.3, 0.4) is 0 Å². The van der Waals surface area contributed by atoms with Crippen molar-refractivity contribution in [3.8, 4) is 5.75 Å². The maximum absolute atomic E-state index is 5.19. The van der Waals surface area contributed by atoms with Gasteiger partial charge in [0.25, 0.3) is 0 Å². The van der Waals surface area contributed by atoms with Gasteiger partial charge in [0.05, 0.1) is 7.11 Å². The van der Waals surface area contributed by atoms with Gasteiger partial charge in [-0.15, -0.1) is 0 Å². The summed E-state index contributed by atoms with van der Waals surface area (Å²) in [5.74, 6) is 0.871. The van der Waals surface area contributed by atoms with Gasteiger partial charge in [-0.05, 0) is 40.2 Å². The van der Waals surface area contributed by atoms with E-state index in [1.807, 2.05) is 24.3 Å². The Morgan fingerprint density at radius 1 is 1.31 bits per heavy atom. The second-order valence-electron chi connectivity index (χ2n) is 3.09. The van der Waals surface area contributed by atoms with E-state index in [-0.39, 0.29) is 0 Å². The van der Waals surface area contributed by atoms with E-state index in [9.17, 15) is 0 Å². The third kappa shape index (κ3) is 2.77. The van der Waals surface area contributed by atoms with Crippen molar-refractivity contribution in [1.29, 1.82) is 0 Å². The summed E-state index contributed by atoms with van der Waals surface area (Å²) < 4.78 is 6.19. The zero-order chi connectivity index (χ0) is 11.4. The molecular formula is C12H10BrNOS. The minimum atomic E-state index is 0.871. The molecule has 0 saturated heterocycles. The first kappa shape index (κ1) is 11.5. The van der Waals surface area contributed by atoms with Crippen LogP contribution in [-0.4, -0.2) is 12.1 Å². The van der Waals surface area contributed by atoms with E-state index in [2.05, 4.69) is 27.0 Å². The third-order valence-corrected chi connectivity index (χ3v) is 3.96. The molecule has 0 aliphatic rings. The van der Waals surface area contributed by atoms with Crippen molar-refractivity contribution in [3.05, 3.63) is 47.2 Å². The molecule has 2 aromatic rings. The normalized spacial score (nSPS) is 10.1. The fourth-order valence-corrected chi connectivity index (χ4v) is 2.58. The number of ether oxygens (including phenoxy) is 1. The number of aromatic nitrogens is 1. The molecule has 1 heterocycles. The topological polar surface area (TPSA) is 22.1 Å². The van der Waals surface area contributed by atoms with Gasteiger partial charge >= 0.3 is 0 Å². The third-order valence-electron chi connectivity index (χ3n) is 2.00. The fourth-order valence-electron chi connectivity index (χ4n) is 1.24. The van der Waals surface area contributed by atoms with Crippen LogP contribution in [0.15, 0.2) is 57.0 Å². The molecule has 16 heavy (non-hydrogen) atoms. The van der Waals surface area contributed by atoms with E-state index >= 15 is 0 Å². The van der Waals surface area contributed by atoms with Crippen molar-refractivity contribution in [2.75, 3.05) is 7.11 Å². The molecule has 0 amide bonds. The Balaban J connectivity index is 2.24. The summed E-state index contributed by atoms with van der Waals surface area (Å²) in [6.45, 7) is 0. The van der Waals surface area contributed by atoms with Crippen LogP contribution < -0.4 is 4.74 Å². The molecule has 0 radical (unpaired) electrons. The van der Waals surface area contributed by atoms with Crippen LogP contribution in [0.5, 0.6) is 5.75 Å². The van der Waals surface area contributed by atoms with Crippen LogP contribution in [0.4, 0.5) is 0 Å². The number of pyridine rings is 1. The predicted molar refractivity (Wildman–Crippen MR) is 69.1 cm³/mol. The van der Waals surface area contributed by atoms with E-state index in [0.29, 0.717) is 0 Å². The number of benzene rings is 1. The molecule has 82 valence electrons. The smallest absolute Gasteiger partial charge is 0.119 e. The van der Waals surface area contributed by atoms with Gasteiger partial charge in [0, 0.05) is 26.7 Å². The quantitative estimate of drug-likeness (QED) is 0.854. The lowest BCUT2D eigenvalue weighted by molar-refractivity contribution is 0.413. The van der Waals surface area contributed by atoms with E-state index < -0.39 is 0 Å². The van der Waals surface area contributed by atoms with Crippen molar-refractivity contribution in [2.45, 2.75) is 9.79 Å². The summed E-state index contributed by atoms with van der Waals surface area (Å²) in [6.07, 6.45) is 3.58. The van der Waals surface area contributed by atoms with Gasteiger partial charge < -0.3 is 4.74 Å². The van der Waals surface area contributed by atoms with E-state index in [0.717, 1.165) is 20.0 Å². The molecule has 0 bridgehead atoms. The highest BCUT2D eigenvalue weighted by molar-refractivity contribution is 9.10. The van der Waals surface area contributed by atoms with Crippen molar-refractivity contribution in [2.24, 2.45) is 0 Å². The minimum absolute atomic E-state index is 0.871. The average molecular weight is 296 g/mol. The molecule has 0 spiro atoms. The van der Waals surface area contributed by atoms with Crippen molar-refractivity contribution in [1.82, 2.24) is 4.98 Å². The maximum atomic E-state index is 5.19. The van der Waals surface area contributed by atoms with Crippen LogP contribution in [0, 0.1) is 0 Å². The lowest BCUT2D eigenvalue weighted by Gasteiger charge is -2.05. The molecule has 2 rings (SSSR count). The Hall–Kier alpha value is -1.00. The van der Waals surface area contributed by atoms with Gasteiger partial charge in [0.15, 0.2) is 0 Å². The highest BCUT2D eigenvalue weighted by atomic mass is 79.9. The van der Waals surface area contributed by atoms with Gasteiger partial charge in [0.2, 0.25) is 0 Å². The first-order valence-electron chi connectivity index (χ1n) is 4.71. The molecule has 0 N–H and O–H groups in total. The molecule has 0 atom stereocenters. The molecule has 0 aliphatic carbocycles. The highest BCUT2D eigenvalue weighted by Gasteiger charge is 2.02. The summed E-state index contributed by atoms with van der Waals surface area (Å²) >= 11 is 5.15. The zero-order valence-corrected chi connectivity index (χ0v) is 11.1. The Labute approximate surface area is 107 Å². The van der Waals surface area contributed by atoms with Crippen LogP contribution in [0.25, 0.3) is 0 Å². The van der Waals surface area contributed by atoms with Crippen LogP contribution in [-0.2, 0) is 0 Å². The lowest BCUT2D eigenvalue weighted by atomic mass is 10.3. The second-order valence-corrected chi connectivity index (χ2v) is 5.06. The molecule has 1 aromatic heterocycles. The Morgan fingerprint density at radius 3 is 2.94 bits per heavy atom. The summed E-state index contributed by atoms with van der Waals surface area (Å²) in [5.41, 5.74) is 0. The molecule has 0 unspecified atom stereocenters. The van der Waals surface area contributed by atoms with Crippen molar-refractivity contribution >= 4 is 27.7 Å². The van der Waals surface area contributed by atoms with Gasteiger partial charge in [-0.1, -0.05) is 17.8 Å². The number of nitrogens with zero attached hydrogens (tertiary/aromatic N) is 1. The molecule has 2 nitrogen and oxygen atoms in total. The number of hydrogen-bond acceptors (Lipinski definition) is 3. The zero-order valence-electron chi connectivity index (χ0n) is 8.68.